The smallest absolute Gasteiger partial charge is 0.305 e. The first-order valence-electron chi connectivity index (χ1n) is 8.75. The molecule has 24 heavy (non-hydrogen) atoms. The highest BCUT2D eigenvalue weighted by Crippen LogP contribution is 2.53. The molecule has 3 nitrogen and oxygen atoms in total. The van der Waals surface area contributed by atoms with E-state index in [1.54, 1.807) is 12.1 Å². The lowest BCUT2D eigenvalue weighted by molar-refractivity contribution is -0.141. The molecule has 0 saturated heterocycles. The van der Waals surface area contributed by atoms with Crippen LogP contribution in [0.3, 0.4) is 0 Å². The Morgan fingerprint density at radius 3 is 2.67 bits per heavy atom. The third-order valence-electron chi connectivity index (χ3n) is 5.97. The molecule has 1 aromatic carbocycles. The van der Waals surface area contributed by atoms with E-state index in [9.17, 15) is 9.18 Å². The summed E-state index contributed by atoms with van der Waals surface area (Å²) < 4.78 is 18.5. The number of carbonyl (C=O) groups is 1. The fourth-order valence-corrected chi connectivity index (χ4v) is 4.98. The Bertz CT molecular complexity index is 761. The number of hydrogen-bond donors (Lipinski definition) is 0. The Labute approximate surface area is 141 Å². The quantitative estimate of drug-likeness (QED) is 0.782. The second-order valence-electron chi connectivity index (χ2n) is 7.37. The maximum absolute atomic E-state index is 13.7. The molecule has 1 aromatic heterocycles. The first-order valence-corrected chi connectivity index (χ1v) is 8.75. The lowest BCUT2D eigenvalue weighted by Gasteiger charge is -2.16. The number of halogens is 1. The number of hydrogen-bond acceptors (Lipinski definition) is 3. The van der Waals surface area contributed by atoms with Crippen LogP contribution in [0.25, 0.3) is 10.9 Å². The monoisotopic (exact) mass is 327 g/mol. The van der Waals surface area contributed by atoms with Crippen molar-refractivity contribution in [2.45, 2.75) is 38.0 Å². The number of carbonyl (C=O) groups excluding carboxylic acids is 1. The standard InChI is InChI=1S/C20H22FNO2/c1-24-20(23)8-12-6-13-9-15(10-14(13)7-12)17-4-5-22-19-3-2-16(21)11-18(17)19/h2-5,11-15H,6-10H2,1H3/t12-,13+,14-,15-. The van der Waals surface area contributed by atoms with Crippen LogP contribution in [0.2, 0.25) is 0 Å². The number of methoxy groups -OCH3 is 1. The fourth-order valence-electron chi connectivity index (χ4n) is 4.98. The van der Waals surface area contributed by atoms with Crippen LogP contribution < -0.4 is 0 Å². The molecule has 0 amide bonds. The molecule has 4 heteroatoms. The molecule has 1 heterocycles. The molecule has 0 spiro atoms. The van der Waals surface area contributed by atoms with Crippen molar-refractivity contribution in [3.05, 3.63) is 41.8 Å². The van der Waals surface area contributed by atoms with Crippen LogP contribution >= 0.6 is 0 Å². The topological polar surface area (TPSA) is 39.2 Å². The summed E-state index contributed by atoms with van der Waals surface area (Å²) in [6.45, 7) is 0. The molecule has 4 atom stereocenters. The van der Waals surface area contributed by atoms with Crippen LogP contribution in [0, 0.1) is 23.6 Å². The number of pyridine rings is 1. The highest BCUT2D eigenvalue weighted by atomic mass is 19.1. The van der Waals surface area contributed by atoms with Crippen molar-refractivity contribution in [2.24, 2.45) is 17.8 Å². The number of benzene rings is 1. The second-order valence-corrected chi connectivity index (χ2v) is 7.37. The first kappa shape index (κ1) is 15.6. The average molecular weight is 327 g/mol. The summed E-state index contributed by atoms with van der Waals surface area (Å²) in [7, 11) is 1.46. The van der Waals surface area contributed by atoms with Crippen molar-refractivity contribution in [1.29, 1.82) is 0 Å². The van der Waals surface area contributed by atoms with Crippen molar-refractivity contribution in [3.63, 3.8) is 0 Å². The second kappa shape index (κ2) is 6.15. The molecular weight excluding hydrogens is 305 g/mol. The van der Waals surface area contributed by atoms with Gasteiger partial charge in [0.2, 0.25) is 0 Å². The van der Waals surface area contributed by atoms with Gasteiger partial charge in [0.15, 0.2) is 0 Å². The van der Waals surface area contributed by atoms with Gasteiger partial charge in [-0.2, -0.15) is 0 Å². The third kappa shape index (κ3) is 2.79. The minimum atomic E-state index is -0.201. The van der Waals surface area contributed by atoms with E-state index in [0.29, 0.717) is 30.1 Å². The van der Waals surface area contributed by atoms with Gasteiger partial charge in [-0.05, 0) is 79.2 Å². The summed E-state index contributed by atoms with van der Waals surface area (Å²) in [5.41, 5.74) is 2.10. The Morgan fingerprint density at radius 1 is 1.21 bits per heavy atom. The zero-order valence-electron chi connectivity index (χ0n) is 13.9. The van der Waals surface area contributed by atoms with E-state index in [4.69, 9.17) is 4.74 Å². The summed E-state index contributed by atoms with van der Waals surface area (Å²) in [4.78, 5) is 15.8. The van der Waals surface area contributed by atoms with Crippen molar-refractivity contribution >= 4 is 16.9 Å². The minimum absolute atomic E-state index is 0.0906. The normalized spacial score (nSPS) is 28.9. The highest BCUT2D eigenvalue weighted by molar-refractivity contribution is 5.82. The molecule has 2 aromatic rings. The van der Waals surface area contributed by atoms with Crippen molar-refractivity contribution < 1.29 is 13.9 Å². The third-order valence-corrected chi connectivity index (χ3v) is 5.97. The van der Waals surface area contributed by atoms with Crippen LogP contribution in [0.4, 0.5) is 4.39 Å². The van der Waals surface area contributed by atoms with E-state index >= 15 is 0 Å². The number of rotatable bonds is 3. The molecule has 0 unspecified atom stereocenters. The van der Waals surface area contributed by atoms with Crippen LogP contribution in [-0.2, 0) is 9.53 Å². The predicted molar refractivity (Wildman–Crippen MR) is 90.0 cm³/mol. The number of aromatic nitrogens is 1. The van der Waals surface area contributed by atoms with Gasteiger partial charge in [-0.3, -0.25) is 9.78 Å². The molecule has 4 rings (SSSR count). The van der Waals surface area contributed by atoms with E-state index in [0.717, 1.165) is 36.6 Å². The predicted octanol–water partition coefficient (Wildman–Crippen LogP) is 4.46. The van der Waals surface area contributed by atoms with Crippen molar-refractivity contribution in [1.82, 2.24) is 4.98 Å². The van der Waals surface area contributed by atoms with Crippen molar-refractivity contribution in [3.8, 4) is 0 Å². The largest absolute Gasteiger partial charge is 0.469 e. The zero-order chi connectivity index (χ0) is 16.7. The zero-order valence-corrected chi connectivity index (χ0v) is 13.9. The molecule has 0 bridgehead atoms. The summed E-state index contributed by atoms with van der Waals surface area (Å²) >= 11 is 0. The van der Waals surface area contributed by atoms with E-state index in [-0.39, 0.29) is 11.8 Å². The lowest BCUT2D eigenvalue weighted by Crippen LogP contribution is -2.08. The van der Waals surface area contributed by atoms with Gasteiger partial charge >= 0.3 is 5.97 Å². The Kier molecular flexibility index (Phi) is 3.99. The van der Waals surface area contributed by atoms with Gasteiger partial charge in [0.1, 0.15) is 5.82 Å². The molecule has 2 aliphatic carbocycles. The molecule has 126 valence electrons. The number of nitrogens with zero attached hydrogens (tertiary/aromatic N) is 1. The highest BCUT2D eigenvalue weighted by Gasteiger charge is 2.42. The molecule has 0 N–H and O–H groups in total. The average Bonchev–Trinajstić information content (AvgIpc) is 3.12. The number of esters is 1. The molecule has 2 fully saturated rings. The van der Waals surface area contributed by atoms with Crippen molar-refractivity contribution in [2.75, 3.05) is 7.11 Å². The van der Waals surface area contributed by atoms with Gasteiger partial charge in [0.25, 0.3) is 0 Å². The summed E-state index contributed by atoms with van der Waals surface area (Å²) in [6, 6.07) is 6.90. The van der Waals surface area contributed by atoms with Crippen LogP contribution in [-0.4, -0.2) is 18.1 Å². The summed E-state index contributed by atoms with van der Waals surface area (Å²) in [5.74, 6) is 2.02. The molecule has 2 aliphatic rings. The van der Waals surface area contributed by atoms with Gasteiger partial charge in [-0.15, -0.1) is 0 Å². The Balaban J connectivity index is 1.52. The lowest BCUT2D eigenvalue weighted by atomic mass is 9.90. The Hall–Kier alpha value is -1.97. The summed E-state index contributed by atoms with van der Waals surface area (Å²) in [6.07, 6.45) is 6.90. The van der Waals surface area contributed by atoms with Gasteiger partial charge in [0.05, 0.1) is 12.6 Å². The fraction of sp³-hybridized carbons (Fsp3) is 0.500. The van der Waals surface area contributed by atoms with Crippen LogP contribution in [0.5, 0.6) is 0 Å². The van der Waals surface area contributed by atoms with Gasteiger partial charge < -0.3 is 4.74 Å². The molecule has 0 aliphatic heterocycles. The maximum Gasteiger partial charge on any atom is 0.305 e. The Morgan fingerprint density at radius 2 is 1.96 bits per heavy atom. The molecule has 0 radical (unpaired) electrons. The van der Waals surface area contributed by atoms with E-state index in [1.807, 2.05) is 6.20 Å². The molecular formula is C20H22FNO2. The van der Waals surface area contributed by atoms with Gasteiger partial charge in [0, 0.05) is 18.0 Å². The minimum Gasteiger partial charge on any atom is -0.469 e. The maximum atomic E-state index is 13.7. The first-order chi connectivity index (χ1) is 11.6. The summed E-state index contributed by atoms with van der Waals surface area (Å²) in [5, 5.41) is 0.952. The van der Waals surface area contributed by atoms with Crippen LogP contribution in [0.1, 0.15) is 43.6 Å². The van der Waals surface area contributed by atoms with E-state index < -0.39 is 0 Å². The SMILES string of the molecule is COC(=O)C[C@H]1C[C@@H]2C[C@H](c3ccnc4ccc(F)cc34)C[C@@H]2C1. The van der Waals surface area contributed by atoms with E-state index in [1.165, 1.54) is 18.7 Å². The molecule has 2 saturated carbocycles. The van der Waals surface area contributed by atoms with Crippen LogP contribution in [0.15, 0.2) is 30.5 Å². The van der Waals surface area contributed by atoms with Gasteiger partial charge in [-0.1, -0.05) is 0 Å². The number of ether oxygens (including phenoxy) is 1. The van der Waals surface area contributed by atoms with Gasteiger partial charge in [-0.25, -0.2) is 4.39 Å². The van der Waals surface area contributed by atoms with E-state index in [2.05, 4.69) is 11.1 Å². The number of fused-ring (bicyclic) bond motifs is 2.